The summed E-state index contributed by atoms with van der Waals surface area (Å²) in [6.07, 6.45) is 7.98. The number of hydrogen-bond donors (Lipinski definition) is 1. The predicted molar refractivity (Wildman–Crippen MR) is 176 cm³/mol. The number of hydrogen-bond acceptors (Lipinski definition) is 9. The Labute approximate surface area is 270 Å². The standard InChI is InChI=1S/C35H44N4O5S/c1-34(2,3)44-33(40)39-16-13-26(14-17-39)32-38-22-29(45-32)27-20-28(31(36)37-21-27)42-23-25-10-8-9-24(19-25)12-15-35(4,5)43-30-11-6-7-18-41-30/h8-10,19-22,26,30H,6-7,11,13-14,16-18,23H2,1-5H3,(H2,36,37). The SMILES string of the molecule is CC(C)(C)OC(=O)N1CCC(c2ncc(-c3cnc(N)c(OCc4cccc(C#CC(C)(C)OC5CCCCO5)c4)c3)s2)CC1. The quantitative estimate of drug-likeness (QED) is 0.274. The molecule has 2 aliphatic rings. The highest BCUT2D eigenvalue weighted by Crippen LogP contribution is 2.37. The largest absolute Gasteiger partial charge is 0.485 e. The maximum absolute atomic E-state index is 12.4. The number of rotatable bonds is 7. The molecular formula is C35H44N4O5S. The fraction of sp³-hybridized carbons (Fsp3) is 0.514. The summed E-state index contributed by atoms with van der Waals surface area (Å²) in [6.45, 7) is 12.0. The lowest BCUT2D eigenvalue weighted by molar-refractivity contribution is -0.199. The lowest BCUT2D eigenvalue weighted by Crippen LogP contribution is -2.41. The van der Waals surface area contributed by atoms with Crippen LogP contribution in [0.3, 0.4) is 0 Å². The van der Waals surface area contributed by atoms with Crippen molar-refractivity contribution in [1.82, 2.24) is 14.9 Å². The molecule has 1 unspecified atom stereocenters. The number of thiazole rings is 1. The normalized spacial score (nSPS) is 17.8. The number of nitrogens with two attached hydrogens (primary N) is 1. The van der Waals surface area contributed by atoms with Crippen LogP contribution in [0.5, 0.6) is 5.75 Å². The van der Waals surface area contributed by atoms with Crippen LogP contribution in [0.25, 0.3) is 10.4 Å². The first-order valence-electron chi connectivity index (χ1n) is 15.7. The number of nitrogen functional groups attached to an aromatic ring is 1. The van der Waals surface area contributed by atoms with Crippen molar-refractivity contribution in [1.29, 1.82) is 0 Å². The number of carbonyl (C=O) groups is 1. The van der Waals surface area contributed by atoms with Crippen molar-refractivity contribution in [2.75, 3.05) is 25.4 Å². The molecule has 2 fully saturated rings. The Balaban J connectivity index is 1.18. The van der Waals surface area contributed by atoms with E-state index in [-0.39, 0.29) is 12.4 Å². The van der Waals surface area contributed by atoms with Crippen LogP contribution in [-0.4, -0.2) is 58.1 Å². The van der Waals surface area contributed by atoms with Crippen LogP contribution in [0.2, 0.25) is 0 Å². The third-order valence-corrected chi connectivity index (χ3v) is 8.79. The van der Waals surface area contributed by atoms with Gasteiger partial charge in [-0.3, -0.25) is 0 Å². The molecule has 45 heavy (non-hydrogen) atoms. The van der Waals surface area contributed by atoms with E-state index in [0.29, 0.717) is 37.2 Å². The summed E-state index contributed by atoms with van der Waals surface area (Å²) in [4.78, 5) is 24.3. The molecular weight excluding hydrogens is 588 g/mol. The predicted octanol–water partition coefficient (Wildman–Crippen LogP) is 7.15. The second kappa shape index (κ2) is 14.2. The van der Waals surface area contributed by atoms with Crippen molar-refractivity contribution in [3.05, 3.63) is 58.9 Å². The van der Waals surface area contributed by atoms with Gasteiger partial charge in [0.15, 0.2) is 17.9 Å². The van der Waals surface area contributed by atoms with E-state index < -0.39 is 11.2 Å². The van der Waals surface area contributed by atoms with E-state index in [1.165, 1.54) is 0 Å². The molecule has 2 aromatic heterocycles. The summed E-state index contributed by atoms with van der Waals surface area (Å²) < 4.78 is 23.5. The first-order chi connectivity index (χ1) is 21.4. The Bertz CT molecular complexity index is 1520. The van der Waals surface area contributed by atoms with Crippen molar-refractivity contribution >= 4 is 23.2 Å². The number of pyridine rings is 1. The average molecular weight is 633 g/mol. The molecule has 2 N–H and O–H groups in total. The molecule has 240 valence electrons. The zero-order valence-electron chi connectivity index (χ0n) is 26.9. The van der Waals surface area contributed by atoms with E-state index in [4.69, 9.17) is 29.7 Å². The van der Waals surface area contributed by atoms with Crippen LogP contribution < -0.4 is 10.5 Å². The Morgan fingerprint density at radius 3 is 2.62 bits per heavy atom. The number of amides is 1. The molecule has 0 aliphatic carbocycles. The van der Waals surface area contributed by atoms with Gasteiger partial charge in [-0.1, -0.05) is 24.0 Å². The highest BCUT2D eigenvalue weighted by atomic mass is 32.1. The van der Waals surface area contributed by atoms with Crippen molar-refractivity contribution in [3.63, 3.8) is 0 Å². The van der Waals surface area contributed by atoms with Crippen LogP contribution in [0.1, 0.15) is 88.8 Å². The van der Waals surface area contributed by atoms with Crippen molar-refractivity contribution in [3.8, 4) is 28.0 Å². The summed E-state index contributed by atoms with van der Waals surface area (Å²) >= 11 is 1.65. The van der Waals surface area contributed by atoms with Crippen molar-refractivity contribution < 1.29 is 23.7 Å². The summed E-state index contributed by atoms with van der Waals surface area (Å²) in [5.41, 5.74) is 7.83. The van der Waals surface area contributed by atoms with Gasteiger partial charge in [0.2, 0.25) is 0 Å². The van der Waals surface area contributed by atoms with Gasteiger partial charge in [0.25, 0.3) is 0 Å². The summed E-state index contributed by atoms with van der Waals surface area (Å²) in [7, 11) is 0. The van der Waals surface area contributed by atoms with Crippen LogP contribution in [-0.2, 0) is 20.8 Å². The Kier molecular flexibility index (Phi) is 10.3. The van der Waals surface area contributed by atoms with Gasteiger partial charge < -0.3 is 29.6 Å². The topological polar surface area (TPSA) is 109 Å². The Morgan fingerprint density at radius 2 is 1.89 bits per heavy atom. The molecule has 1 amide bonds. The molecule has 0 saturated carbocycles. The highest BCUT2D eigenvalue weighted by Gasteiger charge is 2.29. The lowest BCUT2D eigenvalue weighted by atomic mass is 9.98. The third kappa shape index (κ3) is 9.42. The Hall–Kier alpha value is -3.65. The number of benzene rings is 1. The van der Waals surface area contributed by atoms with Crippen LogP contribution in [0.4, 0.5) is 10.6 Å². The van der Waals surface area contributed by atoms with Gasteiger partial charge in [-0.15, -0.1) is 11.3 Å². The van der Waals surface area contributed by atoms with E-state index in [0.717, 1.165) is 65.3 Å². The maximum atomic E-state index is 12.4. The smallest absolute Gasteiger partial charge is 0.410 e. The molecule has 2 saturated heterocycles. The zero-order valence-corrected chi connectivity index (χ0v) is 27.7. The van der Waals surface area contributed by atoms with Crippen LogP contribution in [0.15, 0.2) is 42.7 Å². The van der Waals surface area contributed by atoms with Crippen LogP contribution in [0, 0.1) is 11.8 Å². The van der Waals surface area contributed by atoms with Gasteiger partial charge in [-0.05, 0) is 90.5 Å². The number of aromatic nitrogens is 2. The van der Waals surface area contributed by atoms with Gasteiger partial charge >= 0.3 is 6.09 Å². The van der Waals surface area contributed by atoms with Gasteiger partial charge in [0.1, 0.15) is 17.8 Å². The second-order valence-electron chi connectivity index (χ2n) is 13.1. The van der Waals surface area contributed by atoms with E-state index in [2.05, 4.69) is 16.8 Å². The second-order valence-corrected chi connectivity index (χ2v) is 14.1. The molecule has 9 nitrogen and oxygen atoms in total. The minimum Gasteiger partial charge on any atom is -0.485 e. The summed E-state index contributed by atoms with van der Waals surface area (Å²) in [5, 5.41) is 1.06. The summed E-state index contributed by atoms with van der Waals surface area (Å²) in [5.74, 6) is 7.65. The molecule has 0 bridgehead atoms. The van der Waals surface area contributed by atoms with Gasteiger partial charge in [-0.25, -0.2) is 14.8 Å². The molecule has 5 rings (SSSR count). The minimum atomic E-state index is -0.622. The monoisotopic (exact) mass is 632 g/mol. The molecule has 0 radical (unpaired) electrons. The average Bonchev–Trinajstić information content (AvgIpc) is 3.50. The Morgan fingerprint density at radius 1 is 1.09 bits per heavy atom. The highest BCUT2D eigenvalue weighted by molar-refractivity contribution is 7.15. The van der Waals surface area contributed by atoms with Gasteiger partial charge in [0, 0.05) is 49.1 Å². The molecule has 0 spiro atoms. The number of anilines is 1. The number of carbonyl (C=O) groups excluding carboxylic acids is 1. The van der Waals surface area contributed by atoms with Gasteiger partial charge in [0.05, 0.1) is 9.88 Å². The lowest BCUT2D eigenvalue weighted by Gasteiger charge is -2.32. The minimum absolute atomic E-state index is 0.196. The first kappa shape index (κ1) is 32.7. The third-order valence-electron chi connectivity index (χ3n) is 7.58. The number of likely N-dealkylation sites (tertiary alicyclic amines) is 1. The molecule has 1 aromatic carbocycles. The molecule has 10 heteroatoms. The van der Waals surface area contributed by atoms with E-state index in [9.17, 15) is 4.79 Å². The fourth-order valence-corrected chi connectivity index (χ4v) is 6.30. The van der Waals surface area contributed by atoms with E-state index >= 15 is 0 Å². The van der Waals surface area contributed by atoms with E-state index in [1.807, 2.05) is 71.1 Å². The molecule has 3 aromatic rings. The summed E-state index contributed by atoms with van der Waals surface area (Å²) in [6, 6.07) is 9.87. The maximum Gasteiger partial charge on any atom is 0.410 e. The van der Waals surface area contributed by atoms with Crippen molar-refractivity contribution in [2.24, 2.45) is 0 Å². The van der Waals surface area contributed by atoms with Crippen LogP contribution >= 0.6 is 11.3 Å². The number of ether oxygens (including phenoxy) is 4. The number of nitrogens with zero attached hydrogens (tertiary/aromatic N) is 3. The zero-order chi connectivity index (χ0) is 32.0. The fourth-order valence-electron chi connectivity index (χ4n) is 5.24. The van der Waals surface area contributed by atoms with E-state index in [1.54, 1.807) is 22.4 Å². The molecule has 2 aliphatic heterocycles. The molecule has 4 heterocycles. The molecule has 1 atom stereocenters. The van der Waals surface area contributed by atoms with Crippen molar-refractivity contribution in [2.45, 2.75) is 96.7 Å². The number of piperidine rings is 1. The van der Waals surface area contributed by atoms with Gasteiger partial charge in [-0.2, -0.15) is 0 Å². The first-order valence-corrected chi connectivity index (χ1v) is 16.5.